The minimum atomic E-state index is -0.671. The summed E-state index contributed by atoms with van der Waals surface area (Å²) in [4.78, 5) is 36.5. The molecule has 2 rings (SSSR count). The number of ether oxygens (including phenoxy) is 1. The van der Waals surface area contributed by atoms with E-state index in [1.54, 1.807) is 0 Å². The zero-order chi connectivity index (χ0) is 16.8. The summed E-state index contributed by atoms with van der Waals surface area (Å²) in [7, 11) is 0. The Hall–Kier alpha value is -2.15. The highest BCUT2D eigenvalue weighted by Crippen LogP contribution is 2.32. The molecule has 1 heterocycles. The average Bonchev–Trinajstić information content (AvgIpc) is 2.93. The Morgan fingerprint density at radius 3 is 3.00 bits per heavy atom. The predicted molar refractivity (Wildman–Crippen MR) is 87.5 cm³/mol. The van der Waals surface area contributed by atoms with Crippen molar-refractivity contribution in [3.63, 3.8) is 0 Å². The smallest absolute Gasteiger partial charge is 0.348 e. The molecule has 0 saturated heterocycles. The number of hydrogen-bond acceptors (Lipinski definition) is 5. The first kappa shape index (κ1) is 17.2. The van der Waals surface area contributed by atoms with Gasteiger partial charge in [-0.15, -0.1) is 17.9 Å². The number of esters is 1. The summed E-state index contributed by atoms with van der Waals surface area (Å²) in [5.41, 5.74) is 1.20. The van der Waals surface area contributed by atoms with E-state index in [0.717, 1.165) is 19.3 Å². The third-order valence-electron chi connectivity index (χ3n) is 3.52. The van der Waals surface area contributed by atoms with Crippen LogP contribution in [-0.4, -0.2) is 31.1 Å². The summed E-state index contributed by atoms with van der Waals surface area (Å²) in [6.07, 6.45) is 4.58. The fraction of sp³-hybridized carbons (Fsp3) is 0.438. The maximum atomic E-state index is 12.0. The van der Waals surface area contributed by atoms with Gasteiger partial charge in [0.15, 0.2) is 6.61 Å². The van der Waals surface area contributed by atoms with Gasteiger partial charge in [0, 0.05) is 11.4 Å². The van der Waals surface area contributed by atoms with Crippen LogP contribution in [0.15, 0.2) is 18.7 Å². The van der Waals surface area contributed by atoms with Crippen LogP contribution in [-0.2, 0) is 22.4 Å². The van der Waals surface area contributed by atoms with Gasteiger partial charge in [-0.05, 0) is 36.8 Å². The standard InChI is InChI=1S/C16H20N2O4S/c1-3-6-17-16(21)18-14(19)9-22-15(20)13-8-11-7-10(2)4-5-12(11)23-13/h3,8,10H,1,4-7,9H2,2H3,(H2,17,18,19,21). The fourth-order valence-corrected chi connectivity index (χ4v) is 3.48. The molecule has 1 aliphatic rings. The number of hydrogen-bond donors (Lipinski definition) is 2. The third kappa shape index (κ3) is 4.92. The number of aryl methyl sites for hydroxylation is 1. The second-order valence-electron chi connectivity index (χ2n) is 5.53. The van der Waals surface area contributed by atoms with Crippen LogP contribution in [0.5, 0.6) is 0 Å². The van der Waals surface area contributed by atoms with Crippen molar-refractivity contribution >= 4 is 29.2 Å². The zero-order valence-corrected chi connectivity index (χ0v) is 13.8. The topological polar surface area (TPSA) is 84.5 Å². The first-order valence-electron chi connectivity index (χ1n) is 7.47. The van der Waals surface area contributed by atoms with E-state index in [-0.39, 0.29) is 6.54 Å². The Balaban J connectivity index is 1.82. The van der Waals surface area contributed by atoms with E-state index < -0.39 is 24.5 Å². The lowest BCUT2D eigenvalue weighted by Crippen LogP contribution is -2.41. The molecule has 6 nitrogen and oxygen atoms in total. The Bertz CT molecular complexity index is 624. The van der Waals surface area contributed by atoms with E-state index in [4.69, 9.17) is 4.74 Å². The molecule has 0 aromatic carbocycles. The van der Waals surface area contributed by atoms with Crippen LogP contribution in [0, 0.1) is 5.92 Å². The van der Waals surface area contributed by atoms with Crippen molar-refractivity contribution in [1.82, 2.24) is 10.6 Å². The minimum absolute atomic E-state index is 0.248. The molecule has 1 aromatic heterocycles. The van der Waals surface area contributed by atoms with Gasteiger partial charge in [-0.1, -0.05) is 13.0 Å². The molecule has 0 aliphatic heterocycles. The van der Waals surface area contributed by atoms with Gasteiger partial charge in [-0.3, -0.25) is 10.1 Å². The molecule has 2 N–H and O–H groups in total. The normalized spacial score (nSPS) is 16.1. The Morgan fingerprint density at radius 1 is 1.48 bits per heavy atom. The third-order valence-corrected chi connectivity index (χ3v) is 4.74. The highest BCUT2D eigenvalue weighted by atomic mass is 32.1. The molecule has 0 bridgehead atoms. The number of imide groups is 1. The molecular weight excluding hydrogens is 316 g/mol. The zero-order valence-electron chi connectivity index (χ0n) is 13.0. The molecular formula is C16H20N2O4S. The lowest BCUT2D eigenvalue weighted by Gasteiger charge is -2.16. The van der Waals surface area contributed by atoms with Crippen LogP contribution in [0.2, 0.25) is 0 Å². The van der Waals surface area contributed by atoms with Crippen molar-refractivity contribution in [1.29, 1.82) is 0 Å². The molecule has 0 fully saturated rings. The van der Waals surface area contributed by atoms with Crippen LogP contribution in [0.1, 0.15) is 33.5 Å². The van der Waals surface area contributed by atoms with E-state index in [2.05, 4.69) is 24.1 Å². The quantitative estimate of drug-likeness (QED) is 0.636. The second-order valence-corrected chi connectivity index (χ2v) is 6.67. The van der Waals surface area contributed by atoms with Crippen molar-refractivity contribution in [2.75, 3.05) is 13.2 Å². The molecule has 0 saturated carbocycles. The van der Waals surface area contributed by atoms with Gasteiger partial charge in [0.1, 0.15) is 4.88 Å². The van der Waals surface area contributed by atoms with E-state index in [9.17, 15) is 14.4 Å². The van der Waals surface area contributed by atoms with Crippen LogP contribution >= 0.6 is 11.3 Å². The van der Waals surface area contributed by atoms with Gasteiger partial charge in [-0.2, -0.15) is 0 Å². The van der Waals surface area contributed by atoms with E-state index in [1.165, 1.54) is 27.9 Å². The SMILES string of the molecule is C=CCNC(=O)NC(=O)COC(=O)c1cc2c(s1)CCC(C)C2. The van der Waals surface area contributed by atoms with Gasteiger partial charge in [0.25, 0.3) is 5.91 Å². The van der Waals surface area contributed by atoms with Crippen molar-refractivity contribution in [2.24, 2.45) is 5.92 Å². The number of fused-ring (bicyclic) bond motifs is 1. The number of thiophene rings is 1. The van der Waals surface area contributed by atoms with Crippen LogP contribution < -0.4 is 10.6 Å². The van der Waals surface area contributed by atoms with Crippen molar-refractivity contribution in [3.05, 3.63) is 34.0 Å². The number of rotatable bonds is 5. The van der Waals surface area contributed by atoms with E-state index in [1.807, 2.05) is 6.07 Å². The van der Waals surface area contributed by atoms with Gasteiger partial charge in [0.2, 0.25) is 0 Å². The highest BCUT2D eigenvalue weighted by molar-refractivity contribution is 7.14. The molecule has 0 spiro atoms. The lowest BCUT2D eigenvalue weighted by atomic mass is 9.90. The van der Waals surface area contributed by atoms with Crippen molar-refractivity contribution in [2.45, 2.75) is 26.2 Å². The number of carbonyl (C=O) groups excluding carboxylic acids is 3. The molecule has 1 atom stereocenters. The Kier molecular flexibility index (Phi) is 5.92. The predicted octanol–water partition coefficient (Wildman–Crippen LogP) is 2.04. The van der Waals surface area contributed by atoms with Gasteiger partial charge in [0.05, 0.1) is 0 Å². The molecule has 124 valence electrons. The van der Waals surface area contributed by atoms with Crippen molar-refractivity contribution < 1.29 is 19.1 Å². The summed E-state index contributed by atoms with van der Waals surface area (Å²) in [6, 6.07) is 1.21. The lowest BCUT2D eigenvalue weighted by molar-refractivity contribution is -0.123. The molecule has 1 unspecified atom stereocenters. The summed E-state index contributed by atoms with van der Waals surface area (Å²) < 4.78 is 4.96. The summed E-state index contributed by atoms with van der Waals surface area (Å²) in [6.45, 7) is 5.40. The van der Waals surface area contributed by atoms with Crippen LogP contribution in [0.25, 0.3) is 0 Å². The van der Waals surface area contributed by atoms with Crippen LogP contribution in [0.3, 0.4) is 0 Å². The average molecular weight is 336 g/mol. The number of urea groups is 1. The maximum Gasteiger partial charge on any atom is 0.348 e. The molecule has 3 amide bonds. The highest BCUT2D eigenvalue weighted by Gasteiger charge is 2.21. The largest absolute Gasteiger partial charge is 0.451 e. The summed E-state index contributed by atoms with van der Waals surface area (Å²) in [5.74, 6) is -0.575. The van der Waals surface area contributed by atoms with Gasteiger partial charge in [-0.25, -0.2) is 9.59 Å². The molecule has 1 aromatic rings. The van der Waals surface area contributed by atoms with E-state index in [0.29, 0.717) is 10.8 Å². The van der Waals surface area contributed by atoms with E-state index >= 15 is 0 Å². The van der Waals surface area contributed by atoms with Gasteiger partial charge < -0.3 is 10.1 Å². The molecule has 23 heavy (non-hydrogen) atoms. The summed E-state index contributed by atoms with van der Waals surface area (Å²) in [5, 5.41) is 4.46. The number of carbonyl (C=O) groups is 3. The Morgan fingerprint density at radius 2 is 2.26 bits per heavy atom. The maximum absolute atomic E-state index is 12.0. The molecule has 1 aliphatic carbocycles. The summed E-state index contributed by atoms with van der Waals surface area (Å²) >= 11 is 1.43. The van der Waals surface area contributed by atoms with Crippen molar-refractivity contribution in [3.8, 4) is 0 Å². The molecule has 7 heteroatoms. The minimum Gasteiger partial charge on any atom is -0.451 e. The monoisotopic (exact) mass is 336 g/mol. The van der Waals surface area contributed by atoms with Crippen LogP contribution in [0.4, 0.5) is 4.79 Å². The fourth-order valence-electron chi connectivity index (χ4n) is 2.38. The number of nitrogens with one attached hydrogen (secondary N) is 2. The second kappa shape index (κ2) is 7.92. The first-order valence-corrected chi connectivity index (χ1v) is 8.28. The number of amides is 3. The Labute approximate surface area is 138 Å². The van der Waals surface area contributed by atoms with Gasteiger partial charge >= 0.3 is 12.0 Å². The molecule has 0 radical (unpaired) electrons. The first-order chi connectivity index (χ1) is 11.0.